The van der Waals surface area contributed by atoms with Crippen LogP contribution in [0.5, 0.6) is 0 Å². The summed E-state index contributed by atoms with van der Waals surface area (Å²) in [4.78, 5) is 0. The summed E-state index contributed by atoms with van der Waals surface area (Å²) in [7, 11) is 0. The molecule has 1 atom stereocenters. The second-order valence-electron chi connectivity index (χ2n) is 1.89. The van der Waals surface area contributed by atoms with E-state index < -0.39 is 6.10 Å². The minimum Gasteiger partial charge on any atom is -0.389 e. The van der Waals surface area contributed by atoms with E-state index in [-0.39, 0.29) is 6.61 Å². The molecule has 10 heavy (non-hydrogen) atoms. The highest BCUT2D eigenvalue weighted by atomic mass is 16.5. The van der Waals surface area contributed by atoms with Crippen molar-refractivity contribution in [3.63, 3.8) is 0 Å². The molecule has 0 aromatic heterocycles. The lowest BCUT2D eigenvalue weighted by molar-refractivity contribution is 0.0496. The predicted octanol–water partition coefficient (Wildman–Crippen LogP) is -0.987. The third kappa shape index (κ3) is 5.71. The minimum absolute atomic E-state index is 0.288. The predicted molar refractivity (Wildman–Crippen MR) is 39.2 cm³/mol. The molecule has 0 radical (unpaired) electrons. The molecule has 60 valence electrons. The topological polar surface area (TPSA) is 67.5 Å². The Morgan fingerprint density at radius 3 is 3.00 bits per heavy atom. The summed E-state index contributed by atoms with van der Waals surface area (Å²) in [5, 5.41) is 8.97. The standard InChI is InChI=1S/C6H14N2O2/c1-2-3-10-5-6(9)4-8-7/h2,6,8-9H,1,3-5,7H2. The van der Waals surface area contributed by atoms with Crippen LogP contribution in [0.3, 0.4) is 0 Å². The summed E-state index contributed by atoms with van der Waals surface area (Å²) < 4.78 is 4.93. The molecule has 0 fully saturated rings. The van der Waals surface area contributed by atoms with Crippen molar-refractivity contribution in [1.29, 1.82) is 0 Å². The highest BCUT2D eigenvalue weighted by Gasteiger charge is 2.00. The monoisotopic (exact) mass is 146 g/mol. The number of ether oxygens (including phenoxy) is 1. The van der Waals surface area contributed by atoms with Crippen molar-refractivity contribution in [2.75, 3.05) is 19.8 Å². The zero-order valence-corrected chi connectivity index (χ0v) is 5.92. The first-order valence-electron chi connectivity index (χ1n) is 3.11. The normalized spacial score (nSPS) is 13.0. The molecule has 0 heterocycles. The van der Waals surface area contributed by atoms with Crippen LogP contribution >= 0.6 is 0 Å². The van der Waals surface area contributed by atoms with Gasteiger partial charge in [0, 0.05) is 6.54 Å². The number of hydrogen-bond acceptors (Lipinski definition) is 4. The number of hydrogen-bond donors (Lipinski definition) is 3. The van der Waals surface area contributed by atoms with E-state index >= 15 is 0 Å². The Morgan fingerprint density at radius 2 is 2.50 bits per heavy atom. The second-order valence-corrected chi connectivity index (χ2v) is 1.89. The van der Waals surface area contributed by atoms with Gasteiger partial charge in [-0.2, -0.15) is 0 Å². The molecule has 0 bridgehead atoms. The largest absolute Gasteiger partial charge is 0.389 e. The van der Waals surface area contributed by atoms with Crippen LogP contribution in [0.2, 0.25) is 0 Å². The maximum atomic E-state index is 8.97. The first-order chi connectivity index (χ1) is 4.81. The number of nitrogens with two attached hydrogens (primary N) is 1. The highest BCUT2D eigenvalue weighted by Crippen LogP contribution is 1.82. The molecule has 0 aliphatic carbocycles. The van der Waals surface area contributed by atoms with Crippen LogP contribution in [-0.4, -0.2) is 31.0 Å². The van der Waals surface area contributed by atoms with Gasteiger partial charge in [-0.15, -0.1) is 6.58 Å². The Hall–Kier alpha value is -0.420. The van der Waals surface area contributed by atoms with Gasteiger partial charge >= 0.3 is 0 Å². The van der Waals surface area contributed by atoms with Gasteiger partial charge < -0.3 is 9.84 Å². The summed E-state index contributed by atoms with van der Waals surface area (Å²) in [5.74, 6) is 4.95. The third-order valence-corrected chi connectivity index (χ3v) is 0.899. The number of aliphatic hydroxyl groups excluding tert-OH is 1. The van der Waals surface area contributed by atoms with Crippen LogP contribution in [0, 0.1) is 0 Å². The molecule has 0 rings (SSSR count). The number of rotatable bonds is 6. The number of nitrogens with one attached hydrogen (secondary N) is 1. The van der Waals surface area contributed by atoms with Crippen LogP contribution in [-0.2, 0) is 4.74 Å². The Morgan fingerprint density at radius 1 is 1.80 bits per heavy atom. The minimum atomic E-state index is -0.537. The lowest BCUT2D eigenvalue weighted by Gasteiger charge is -2.08. The fraction of sp³-hybridized carbons (Fsp3) is 0.667. The molecule has 4 heteroatoms. The first kappa shape index (κ1) is 9.58. The zero-order valence-electron chi connectivity index (χ0n) is 5.92. The lowest BCUT2D eigenvalue weighted by atomic mass is 10.4. The van der Waals surface area contributed by atoms with Crippen LogP contribution in [0.4, 0.5) is 0 Å². The Labute approximate surface area is 60.6 Å². The smallest absolute Gasteiger partial charge is 0.0911 e. The maximum absolute atomic E-state index is 8.97. The Balaban J connectivity index is 3.04. The van der Waals surface area contributed by atoms with E-state index in [1.54, 1.807) is 6.08 Å². The molecular formula is C6H14N2O2. The molecule has 4 nitrogen and oxygen atoms in total. The van der Waals surface area contributed by atoms with E-state index in [0.717, 1.165) is 0 Å². The van der Waals surface area contributed by atoms with Gasteiger partial charge in [-0.1, -0.05) is 6.08 Å². The summed E-state index contributed by atoms with van der Waals surface area (Å²) in [6, 6.07) is 0. The molecule has 0 saturated carbocycles. The Bertz CT molecular complexity index is 87.8. The summed E-state index contributed by atoms with van der Waals surface area (Å²) >= 11 is 0. The van der Waals surface area contributed by atoms with E-state index in [4.69, 9.17) is 15.7 Å². The fourth-order valence-corrected chi connectivity index (χ4v) is 0.482. The van der Waals surface area contributed by atoms with Crippen LogP contribution in [0.25, 0.3) is 0 Å². The molecule has 0 aliphatic heterocycles. The summed E-state index contributed by atoms with van der Waals surface area (Å²) in [6.45, 7) is 4.55. The molecule has 1 unspecified atom stereocenters. The van der Waals surface area contributed by atoms with Crippen LogP contribution in [0.1, 0.15) is 0 Å². The van der Waals surface area contributed by atoms with Crippen LogP contribution in [0.15, 0.2) is 12.7 Å². The highest BCUT2D eigenvalue weighted by molar-refractivity contribution is 4.65. The second kappa shape index (κ2) is 6.70. The van der Waals surface area contributed by atoms with Gasteiger partial charge in [0.1, 0.15) is 0 Å². The quantitative estimate of drug-likeness (QED) is 0.195. The molecule has 0 aromatic carbocycles. The first-order valence-corrected chi connectivity index (χ1v) is 3.11. The van der Waals surface area contributed by atoms with Crippen molar-refractivity contribution >= 4 is 0 Å². The molecule has 0 aromatic rings. The Kier molecular flexibility index (Phi) is 6.42. The van der Waals surface area contributed by atoms with Crippen molar-refractivity contribution in [3.05, 3.63) is 12.7 Å². The average Bonchev–Trinajstić information content (AvgIpc) is 1.89. The van der Waals surface area contributed by atoms with Gasteiger partial charge in [0.15, 0.2) is 0 Å². The zero-order chi connectivity index (χ0) is 7.82. The van der Waals surface area contributed by atoms with E-state index in [9.17, 15) is 0 Å². The maximum Gasteiger partial charge on any atom is 0.0911 e. The lowest BCUT2D eigenvalue weighted by Crippen LogP contribution is -2.34. The third-order valence-electron chi connectivity index (χ3n) is 0.899. The van der Waals surface area contributed by atoms with Gasteiger partial charge in [-0.3, -0.25) is 11.3 Å². The molecular weight excluding hydrogens is 132 g/mol. The van der Waals surface area contributed by atoms with Crippen molar-refractivity contribution in [2.45, 2.75) is 6.10 Å². The SMILES string of the molecule is C=CCOCC(O)CNN. The van der Waals surface area contributed by atoms with Crippen LogP contribution < -0.4 is 11.3 Å². The van der Waals surface area contributed by atoms with E-state index in [1.807, 2.05) is 0 Å². The van der Waals surface area contributed by atoms with Crippen molar-refractivity contribution < 1.29 is 9.84 Å². The van der Waals surface area contributed by atoms with Gasteiger partial charge in [0.25, 0.3) is 0 Å². The van der Waals surface area contributed by atoms with Gasteiger partial charge in [-0.05, 0) is 0 Å². The van der Waals surface area contributed by atoms with Crippen molar-refractivity contribution in [1.82, 2.24) is 5.43 Å². The average molecular weight is 146 g/mol. The van der Waals surface area contributed by atoms with E-state index in [0.29, 0.717) is 13.2 Å². The van der Waals surface area contributed by atoms with E-state index in [1.165, 1.54) is 0 Å². The van der Waals surface area contributed by atoms with Gasteiger partial charge in [0.05, 0.1) is 19.3 Å². The summed E-state index contributed by atoms with van der Waals surface area (Å²) in [6.07, 6.45) is 1.09. The molecule has 0 aliphatic rings. The fourth-order valence-electron chi connectivity index (χ4n) is 0.482. The van der Waals surface area contributed by atoms with Gasteiger partial charge in [0.2, 0.25) is 0 Å². The number of aliphatic hydroxyl groups is 1. The van der Waals surface area contributed by atoms with Crippen molar-refractivity contribution in [2.24, 2.45) is 5.84 Å². The summed E-state index contributed by atoms with van der Waals surface area (Å²) in [5.41, 5.74) is 2.34. The van der Waals surface area contributed by atoms with Crippen molar-refractivity contribution in [3.8, 4) is 0 Å². The van der Waals surface area contributed by atoms with E-state index in [2.05, 4.69) is 12.0 Å². The molecule has 0 spiro atoms. The number of hydrazine groups is 1. The molecule has 0 amide bonds. The van der Waals surface area contributed by atoms with Gasteiger partial charge in [-0.25, -0.2) is 0 Å². The molecule has 0 saturated heterocycles. The molecule has 4 N–H and O–H groups in total.